The van der Waals surface area contributed by atoms with Crippen LogP contribution in [0.15, 0.2) is 16.8 Å². The Hall–Kier alpha value is -0.420. The van der Waals surface area contributed by atoms with E-state index < -0.39 is 0 Å². The van der Waals surface area contributed by atoms with Crippen LogP contribution in [0.5, 0.6) is 0 Å². The van der Waals surface area contributed by atoms with Gasteiger partial charge in [0.25, 0.3) is 0 Å². The summed E-state index contributed by atoms with van der Waals surface area (Å²) >= 11 is 1.74. The highest BCUT2D eigenvalue weighted by Gasteiger charge is 2.32. The van der Waals surface area contributed by atoms with Gasteiger partial charge < -0.3 is 10.5 Å². The predicted molar refractivity (Wildman–Crippen MR) is 63.1 cm³/mol. The van der Waals surface area contributed by atoms with Crippen LogP contribution in [0.25, 0.3) is 0 Å². The van der Waals surface area contributed by atoms with Crippen molar-refractivity contribution in [1.82, 2.24) is 4.90 Å². The van der Waals surface area contributed by atoms with E-state index in [4.69, 9.17) is 10.5 Å². The van der Waals surface area contributed by atoms with Crippen LogP contribution in [0, 0.1) is 0 Å². The van der Waals surface area contributed by atoms with E-state index in [1.807, 2.05) is 0 Å². The van der Waals surface area contributed by atoms with Gasteiger partial charge in [-0.2, -0.15) is 11.3 Å². The molecule has 1 aliphatic heterocycles. The molecule has 1 aromatic heterocycles. The van der Waals surface area contributed by atoms with Gasteiger partial charge in [0.2, 0.25) is 0 Å². The van der Waals surface area contributed by atoms with E-state index in [2.05, 4.69) is 21.7 Å². The van der Waals surface area contributed by atoms with Gasteiger partial charge in [0.05, 0.1) is 12.6 Å². The van der Waals surface area contributed by atoms with Gasteiger partial charge in [-0.1, -0.05) is 0 Å². The third kappa shape index (κ3) is 2.39. The molecule has 3 nitrogen and oxygen atoms in total. The van der Waals surface area contributed by atoms with Gasteiger partial charge in [-0.3, -0.25) is 4.90 Å². The second-order valence-corrected chi connectivity index (χ2v) is 4.76. The summed E-state index contributed by atoms with van der Waals surface area (Å²) in [7, 11) is 1.75. The minimum Gasteiger partial charge on any atom is -0.383 e. The maximum absolute atomic E-state index is 6.15. The second-order valence-electron chi connectivity index (χ2n) is 3.98. The third-order valence-electron chi connectivity index (χ3n) is 3.02. The Labute approximate surface area is 94.8 Å². The smallest absolute Gasteiger partial charge is 0.0589 e. The number of hydrogen-bond acceptors (Lipinski definition) is 4. The van der Waals surface area contributed by atoms with E-state index in [1.54, 1.807) is 18.4 Å². The fraction of sp³-hybridized carbons (Fsp3) is 0.636. The Morgan fingerprint density at radius 1 is 1.67 bits per heavy atom. The van der Waals surface area contributed by atoms with Crippen LogP contribution in [-0.2, 0) is 4.74 Å². The number of methoxy groups -OCH3 is 1. The minimum absolute atomic E-state index is 0.274. The number of ether oxygens (including phenoxy) is 1. The van der Waals surface area contributed by atoms with Crippen molar-refractivity contribution in [1.29, 1.82) is 0 Å². The van der Waals surface area contributed by atoms with E-state index in [0.717, 1.165) is 26.1 Å². The Morgan fingerprint density at radius 2 is 2.53 bits per heavy atom. The van der Waals surface area contributed by atoms with Crippen molar-refractivity contribution in [2.75, 3.05) is 26.8 Å². The molecule has 1 aliphatic rings. The number of hydrogen-bond donors (Lipinski definition) is 1. The summed E-state index contributed by atoms with van der Waals surface area (Å²) in [5.41, 5.74) is 7.52. The summed E-state index contributed by atoms with van der Waals surface area (Å²) < 4.78 is 5.12. The first-order valence-corrected chi connectivity index (χ1v) is 6.28. The fourth-order valence-corrected chi connectivity index (χ4v) is 2.93. The molecule has 2 N–H and O–H groups in total. The lowest BCUT2D eigenvalue weighted by molar-refractivity contribution is 0.139. The van der Waals surface area contributed by atoms with Crippen molar-refractivity contribution in [3.05, 3.63) is 22.4 Å². The van der Waals surface area contributed by atoms with Gasteiger partial charge in [-0.25, -0.2) is 0 Å². The molecule has 2 rings (SSSR count). The molecule has 4 heteroatoms. The van der Waals surface area contributed by atoms with Crippen LogP contribution < -0.4 is 5.73 Å². The number of thiophene rings is 1. The molecular formula is C11H18N2OS. The average Bonchev–Trinajstić information content (AvgIpc) is 2.84. The maximum Gasteiger partial charge on any atom is 0.0589 e. The summed E-state index contributed by atoms with van der Waals surface area (Å²) in [6.45, 7) is 2.85. The highest BCUT2D eigenvalue weighted by atomic mass is 32.1. The Kier molecular flexibility index (Phi) is 3.75. The molecule has 1 saturated heterocycles. The lowest BCUT2D eigenvalue weighted by Crippen LogP contribution is -2.33. The van der Waals surface area contributed by atoms with Crippen LogP contribution >= 0.6 is 11.3 Å². The van der Waals surface area contributed by atoms with Crippen LogP contribution in [-0.4, -0.2) is 37.7 Å². The third-order valence-corrected chi connectivity index (χ3v) is 3.72. The molecule has 1 fully saturated rings. The molecule has 0 saturated carbocycles. The maximum atomic E-state index is 6.15. The highest BCUT2D eigenvalue weighted by Crippen LogP contribution is 2.31. The normalized spacial score (nSPS) is 27.3. The molecular weight excluding hydrogens is 208 g/mol. The van der Waals surface area contributed by atoms with E-state index in [9.17, 15) is 0 Å². The molecule has 2 heterocycles. The molecule has 2 atom stereocenters. The number of nitrogens with two attached hydrogens (primary N) is 1. The quantitative estimate of drug-likeness (QED) is 0.845. The Bertz CT molecular complexity index is 289. The zero-order chi connectivity index (χ0) is 10.7. The average molecular weight is 226 g/mol. The summed E-state index contributed by atoms with van der Waals surface area (Å²) in [5.74, 6) is 0. The molecule has 1 aromatic rings. The molecule has 0 aromatic carbocycles. The lowest BCUT2D eigenvalue weighted by Gasteiger charge is -2.25. The van der Waals surface area contributed by atoms with E-state index in [1.165, 1.54) is 5.56 Å². The fourth-order valence-electron chi connectivity index (χ4n) is 2.24. The summed E-state index contributed by atoms with van der Waals surface area (Å²) in [5, 5.41) is 4.32. The first-order chi connectivity index (χ1) is 7.33. The topological polar surface area (TPSA) is 38.5 Å². The first kappa shape index (κ1) is 11.1. The van der Waals surface area contributed by atoms with Gasteiger partial charge in [-0.05, 0) is 28.8 Å². The van der Waals surface area contributed by atoms with E-state index in [0.29, 0.717) is 6.04 Å². The molecule has 0 aliphatic carbocycles. The molecule has 0 radical (unpaired) electrons. The van der Waals surface area contributed by atoms with Crippen LogP contribution in [0.4, 0.5) is 0 Å². The van der Waals surface area contributed by atoms with E-state index >= 15 is 0 Å². The zero-order valence-corrected chi connectivity index (χ0v) is 9.87. The second kappa shape index (κ2) is 5.07. The Balaban J connectivity index is 2.05. The highest BCUT2D eigenvalue weighted by molar-refractivity contribution is 7.07. The van der Waals surface area contributed by atoms with Crippen molar-refractivity contribution in [2.24, 2.45) is 5.73 Å². The molecule has 2 unspecified atom stereocenters. The van der Waals surface area contributed by atoms with Gasteiger partial charge in [0.15, 0.2) is 0 Å². The lowest BCUT2D eigenvalue weighted by atomic mass is 10.0. The van der Waals surface area contributed by atoms with Gasteiger partial charge in [-0.15, -0.1) is 0 Å². The monoisotopic (exact) mass is 226 g/mol. The summed E-state index contributed by atoms with van der Waals surface area (Å²) in [4.78, 5) is 2.43. The van der Waals surface area contributed by atoms with Crippen LogP contribution in [0.3, 0.4) is 0 Å². The standard InChI is InChI=1S/C11H18N2OS/c1-14-6-5-13-4-2-10(12)11(13)9-3-7-15-8-9/h3,7-8,10-11H,2,4-6,12H2,1H3. The number of likely N-dealkylation sites (tertiary alicyclic amines) is 1. The zero-order valence-electron chi connectivity index (χ0n) is 9.06. The van der Waals surface area contributed by atoms with E-state index in [-0.39, 0.29) is 6.04 Å². The molecule has 0 spiro atoms. The molecule has 0 amide bonds. The van der Waals surface area contributed by atoms with Crippen molar-refractivity contribution >= 4 is 11.3 Å². The summed E-state index contributed by atoms with van der Waals surface area (Å²) in [6.07, 6.45) is 1.09. The van der Waals surface area contributed by atoms with Gasteiger partial charge in [0.1, 0.15) is 0 Å². The molecule has 84 valence electrons. The van der Waals surface area contributed by atoms with Gasteiger partial charge in [0, 0.05) is 26.2 Å². The van der Waals surface area contributed by atoms with Crippen LogP contribution in [0.1, 0.15) is 18.0 Å². The van der Waals surface area contributed by atoms with Gasteiger partial charge >= 0.3 is 0 Å². The first-order valence-electron chi connectivity index (χ1n) is 5.33. The van der Waals surface area contributed by atoms with Crippen molar-refractivity contribution in [3.8, 4) is 0 Å². The van der Waals surface area contributed by atoms with Crippen molar-refractivity contribution in [3.63, 3.8) is 0 Å². The van der Waals surface area contributed by atoms with Crippen LogP contribution in [0.2, 0.25) is 0 Å². The molecule has 15 heavy (non-hydrogen) atoms. The SMILES string of the molecule is COCCN1CCC(N)C1c1ccsc1. The number of nitrogens with zero attached hydrogens (tertiary/aromatic N) is 1. The van der Waals surface area contributed by atoms with Crippen molar-refractivity contribution < 1.29 is 4.74 Å². The molecule has 0 bridgehead atoms. The Morgan fingerprint density at radius 3 is 3.20 bits per heavy atom. The predicted octanol–water partition coefficient (Wildman–Crippen LogP) is 1.47. The largest absolute Gasteiger partial charge is 0.383 e. The number of rotatable bonds is 4. The summed E-state index contributed by atoms with van der Waals surface area (Å²) in [6, 6.07) is 2.85. The minimum atomic E-state index is 0.274. The van der Waals surface area contributed by atoms with Crippen molar-refractivity contribution in [2.45, 2.75) is 18.5 Å².